The second-order valence-corrected chi connectivity index (χ2v) is 29.5. The molecule has 0 aromatic carbocycles. The van der Waals surface area contributed by atoms with Crippen molar-refractivity contribution in [3.63, 3.8) is 0 Å². The van der Waals surface area contributed by atoms with Crippen molar-refractivity contribution >= 4 is 44.0 Å². The maximum absolute atomic E-state index is 17.4. The summed E-state index contributed by atoms with van der Waals surface area (Å²) in [6, 6.07) is 0. The monoisotopic (exact) mass is 1100 g/mol. The highest BCUT2D eigenvalue weighted by molar-refractivity contribution is 7.86. The number of aliphatic hydroxyl groups excluding tert-OH is 2. The standard InChI is InChI=1S/C56H91FN2O14S2/c1-33(9-15-47(62)58-25-27-74(66,67)68)39-11-13-41-51-42(19-23-55(39,41)5)53(3)21-17-37(29-35(53)31-45(51)60)72-49(64)7-6-8-50(65)73-38-18-22-54(4)36(30-38)32-46(61)52-43(54)20-24-56(57)40(12-14-44(52)56)34(2)10-16-48(63)59-26-28-75(69,70)71/h33-46,51-52,60-61H,6-32H2,1-5H3,(H,58,62)(H,59,63)(H,66,67,68)(H,69,70,71)/t33-,34-,35?,36?,37-,38-,39-,40-,41+,42+,43+,44+,45-,46-,51+,52-,53+,54+,55-,56+/m1/s1. The molecule has 8 rings (SSSR count). The Morgan fingerprint density at radius 1 is 0.560 bits per heavy atom. The molecule has 0 radical (unpaired) electrons. The lowest BCUT2D eigenvalue weighted by Gasteiger charge is -2.62. The first kappa shape index (κ1) is 58.7. The molecule has 6 N–H and O–H groups in total. The van der Waals surface area contributed by atoms with E-state index in [0.717, 1.165) is 51.4 Å². The molecule has 8 fully saturated rings. The lowest BCUT2D eigenvalue weighted by molar-refractivity contribution is -0.188. The van der Waals surface area contributed by atoms with Crippen LogP contribution in [-0.2, 0) is 48.9 Å². The average Bonchev–Trinajstić information content (AvgIpc) is 3.87. The summed E-state index contributed by atoms with van der Waals surface area (Å²) in [5.74, 6) is -0.769. The summed E-state index contributed by atoms with van der Waals surface area (Å²) in [6.45, 7) is 11.0. The minimum atomic E-state index is -4.18. The molecule has 0 aromatic heterocycles. The van der Waals surface area contributed by atoms with Gasteiger partial charge >= 0.3 is 11.9 Å². The van der Waals surface area contributed by atoms with E-state index in [9.17, 15) is 46.2 Å². The Morgan fingerprint density at radius 2 is 0.973 bits per heavy atom. The minimum Gasteiger partial charge on any atom is -0.462 e. The summed E-state index contributed by atoms with van der Waals surface area (Å²) < 4.78 is 91.5. The number of rotatable bonds is 20. The number of carbonyl (C=O) groups is 4. The summed E-state index contributed by atoms with van der Waals surface area (Å²) in [5.41, 5.74) is -1.45. The Kier molecular flexibility index (Phi) is 18.0. The number of ether oxygens (including phenoxy) is 2. The fraction of sp³-hybridized carbons (Fsp3) is 0.929. The minimum absolute atomic E-state index is 0.0379. The molecule has 19 heteroatoms. The molecule has 8 aliphatic rings. The SMILES string of the molecule is C[C@H](CCC(=O)NCCS(=O)(=O)O)[C@H]1CC[C@H]2[C@@H]3[C@H](O)CC4C[C@H](OC(=O)CCCC(=O)O[C@@H]5CC[C@@]6(C)C(C5)C[C@@H](O)[C@H]5[C@@H]7CC[C@H]([C@H](C)CCC(=O)NCCS(=O)(=O)O)[C@@]7(F)CC[C@@H]56)CC[C@]4(C)[C@H]3CC[C@]12C. The lowest BCUT2D eigenvalue weighted by atomic mass is 9.43. The van der Waals surface area contributed by atoms with E-state index in [1.165, 1.54) is 0 Å². The summed E-state index contributed by atoms with van der Waals surface area (Å²) in [6.07, 6.45) is 13.1. The fourth-order valence-electron chi connectivity index (χ4n) is 18.8. The first-order chi connectivity index (χ1) is 35.1. The van der Waals surface area contributed by atoms with E-state index in [0.29, 0.717) is 101 Å². The normalized spacial score (nSPS) is 42.0. The van der Waals surface area contributed by atoms with Crippen LogP contribution < -0.4 is 10.6 Å². The lowest BCUT2D eigenvalue weighted by Crippen LogP contribution is -2.60. The van der Waals surface area contributed by atoms with Crippen LogP contribution in [0.5, 0.6) is 0 Å². The van der Waals surface area contributed by atoms with Crippen molar-refractivity contribution in [2.75, 3.05) is 24.6 Å². The molecular formula is C56H91FN2O14S2. The van der Waals surface area contributed by atoms with Crippen molar-refractivity contribution in [3.8, 4) is 0 Å². The van der Waals surface area contributed by atoms with Crippen LogP contribution >= 0.6 is 0 Å². The molecule has 2 amide bonds. The van der Waals surface area contributed by atoms with Gasteiger partial charge in [-0.1, -0.05) is 34.6 Å². The van der Waals surface area contributed by atoms with Crippen molar-refractivity contribution in [1.29, 1.82) is 0 Å². The predicted molar refractivity (Wildman–Crippen MR) is 278 cm³/mol. The summed E-state index contributed by atoms with van der Waals surface area (Å²) in [5, 5.41) is 28.9. The van der Waals surface area contributed by atoms with Crippen molar-refractivity contribution in [2.24, 2.45) is 87.3 Å². The van der Waals surface area contributed by atoms with Crippen LogP contribution in [0.3, 0.4) is 0 Å². The van der Waals surface area contributed by atoms with Crippen LogP contribution in [0.1, 0.15) is 182 Å². The van der Waals surface area contributed by atoms with E-state index in [4.69, 9.17) is 18.6 Å². The number of alkyl halides is 1. The molecule has 20 atom stereocenters. The van der Waals surface area contributed by atoms with Crippen molar-refractivity contribution in [2.45, 2.75) is 212 Å². The van der Waals surface area contributed by atoms with Gasteiger partial charge in [-0.05, 0) is 209 Å². The summed E-state index contributed by atoms with van der Waals surface area (Å²) in [4.78, 5) is 51.4. The molecule has 16 nitrogen and oxygen atoms in total. The number of fused-ring (bicyclic) bond motifs is 10. The van der Waals surface area contributed by atoms with Gasteiger partial charge in [-0.3, -0.25) is 28.3 Å². The van der Waals surface area contributed by atoms with Gasteiger partial charge < -0.3 is 30.3 Å². The quantitative estimate of drug-likeness (QED) is 0.0503. The highest BCUT2D eigenvalue weighted by Crippen LogP contribution is 2.70. The molecule has 0 heterocycles. The zero-order chi connectivity index (χ0) is 54.5. The molecule has 75 heavy (non-hydrogen) atoms. The molecule has 0 aromatic rings. The van der Waals surface area contributed by atoms with Gasteiger partial charge in [-0.15, -0.1) is 0 Å². The maximum Gasteiger partial charge on any atom is 0.306 e. The number of nitrogens with one attached hydrogen (secondary N) is 2. The van der Waals surface area contributed by atoms with Crippen molar-refractivity contribution in [3.05, 3.63) is 0 Å². The molecule has 428 valence electrons. The second-order valence-electron chi connectivity index (χ2n) is 26.4. The number of hydrogen-bond donors (Lipinski definition) is 6. The Balaban J connectivity index is 0.748. The van der Waals surface area contributed by atoms with Gasteiger partial charge in [0, 0.05) is 38.8 Å². The van der Waals surface area contributed by atoms with Crippen molar-refractivity contribution in [1.82, 2.24) is 10.6 Å². The molecule has 0 bridgehead atoms. The Morgan fingerprint density at radius 3 is 1.47 bits per heavy atom. The zero-order valence-corrected chi connectivity index (χ0v) is 47.0. The topological polar surface area (TPSA) is 260 Å². The van der Waals surface area contributed by atoms with Gasteiger partial charge in [0.15, 0.2) is 0 Å². The first-order valence-electron chi connectivity index (χ1n) is 29.0. The van der Waals surface area contributed by atoms with Gasteiger partial charge in [-0.2, -0.15) is 16.8 Å². The average molecular weight is 1100 g/mol. The largest absolute Gasteiger partial charge is 0.462 e. The van der Waals surface area contributed by atoms with E-state index in [1.54, 1.807) is 0 Å². The third-order valence-electron chi connectivity index (χ3n) is 22.5. The van der Waals surface area contributed by atoms with E-state index in [-0.39, 0.29) is 132 Å². The molecule has 0 aliphatic heterocycles. The molecule has 2 unspecified atom stereocenters. The van der Waals surface area contributed by atoms with E-state index >= 15 is 4.39 Å². The Hall–Kier alpha value is -2.45. The van der Waals surface area contributed by atoms with Crippen LogP contribution in [0.2, 0.25) is 0 Å². The number of halogens is 1. The van der Waals surface area contributed by atoms with Crippen LogP contribution in [0.4, 0.5) is 4.39 Å². The third-order valence-corrected chi connectivity index (χ3v) is 24.0. The molecule has 0 saturated heterocycles. The second kappa shape index (κ2) is 23.0. The number of hydrogen-bond acceptors (Lipinski definition) is 12. The van der Waals surface area contributed by atoms with Gasteiger partial charge in [0.2, 0.25) is 11.8 Å². The molecule has 8 saturated carbocycles. The van der Waals surface area contributed by atoms with Gasteiger partial charge in [-0.25, -0.2) is 4.39 Å². The van der Waals surface area contributed by atoms with Crippen LogP contribution in [0.15, 0.2) is 0 Å². The van der Waals surface area contributed by atoms with Gasteiger partial charge in [0.05, 0.1) is 23.7 Å². The number of amides is 2. The molecule has 0 spiro atoms. The van der Waals surface area contributed by atoms with Crippen LogP contribution in [0.25, 0.3) is 0 Å². The summed E-state index contributed by atoms with van der Waals surface area (Å²) in [7, 11) is -8.31. The van der Waals surface area contributed by atoms with Gasteiger partial charge in [0.25, 0.3) is 20.2 Å². The fourth-order valence-corrected chi connectivity index (χ4v) is 19.5. The highest BCUT2D eigenvalue weighted by Gasteiger charge is 2.66. The molecule has 8 aliphatic carbocycles. The van der Waals surface area contributed by atoms with Gasteiger partial charge in [0.1, 0.15) is 17.9 Å². The summed E-state index contributed by atoms with van der Waals surface area (Å²) >= 11 is 0. The highest BCUT2D eigenvalue weighted by atomic mass is 32.2. The number of aliphatic hydroxyl groups is 2. The zero-order valence-electron chi connectivity index (χ0n) is 45.4. The number of esters is 2. The third kappa shape index (κ3) is 12.6. The van der Waals surface area contributed by atoms with E-state index in [1.807, 2.05) is 6.92 Å². The first-order valence-corrected chi connectivity index (χ1v) is 32.2. The van der Waals surface area contributed by atoms with Crippen molar-refractivity contribution < 1.29 is 69.2 Å². The Labute approximate surface area is 446 Å². The Bertz CT molecular complexity index is 2150. The van der Waals surface area contributed by atoms with Crippen LogP contribution in [-0.4, -0.2) is 115 Å². The predicted octanol–water partition coefficient (Wildman–Crippen LogP) is 7.78. The smallest absolute Gasteiger partial charge is 0.306 e. The van der Waals surface area contributed by atoms with E-state index in [2.05, 4.69) is 38.3 Å². The maximum atomic E-state index is 17.4. The molecular weight excluding hydrogens is 1010 g/mol. The van der Waals surface area contributed by atoms with Crippen LogP contribution in [0, 0.1) is 87.3 Å². The van der Waals surface area contributed by atoms with E-state index < -0.39 is 49.6 Å². The number of carbonyl (C=O) groups excluding carboxylic acids is 4.